The van der Waals surface area contributed by atoms with E-state index in [1.165, 1.54) is 40.5 Å². The van der Waals surface area contributed by atoms with Crippen LogP contribution in [0.4, 0.5) is 10.8 Å². The number of amides is 2. The molecular formula is C18H22N4O4S. The Balaban J connectivity index is 2.12. The summed E-state index contributed by atoms with van der Waals surface area (Å²) in [5, 5.41) is 14.1. The summed E-state index contributed by atoms with van der Waals surface area (Å²) in [7, 11) is 0. The molecule has 0 spiro atoms. The van der Waals surface area contributed by atoms with Gasteiger partial charge in [0.25, 0.3) is 11.6 Å². The van der Waals surface area contributed by atoms with Gasteiger partial charge in [-0.15, -0.1) is 11.3 Å². The van der Waals surface area contributed by atoms with Crippen molar-refractivity contribution in [1.29, 1.82) is 0 Å². The van der Waals surface area contributed by atoms with Crippen LogP contribution >= 0.6 is 11.3 Å². The molecule has 1 aromatic carbocycles. The van der Waals surface area contributed by atoms with Crippen molar-refractivity contribution >= 4 is 34.0 Å². The van der Waals surface area contributed by atoms with Crippen LogP contribution in [0, 0.1) is 17.0 Å². The van der Waals surface area contributed by atoms with Gasteiger partial charge in [-0.3, -0.25) is 19.7 Å². The molecule has 0 saturated heterocycles. The minimum Gasteiger partial charge on any atom is -0.329 e. The van der Waals surface area contributed by atoms with E-state index in [0.29, 0.717) is 11.7 Å². The van der Waals surface area contributed by atoms with E-state index in [4.69, 9.17) is 0 Å². The van der Waals surface area contributed by atoms with Crippen LogP contribution in [0.5, 0.6) is 0 Å². The first kappa shape index (κ1) is 20.5. The molecule has 2 aromatic rings. The Labute approximate surface area is 161 Å². The van der Waals surface area contributed by atoms with Crippen LogP contribution in [0.1, 0.15) is 41.4 Å². The SMILES string of the molecule is CCCCCN(CC(=O)Nc1ncc(C)s1)C(=O)c1cccc([N+](=O)[O-])c1. The fraction of sp³-hybridized carbons (Fsp3) is 0.389. The van der Waals surface area contributed by atoms with Crippen LogP contribution in [0.25, 0.3) is 0 Å². The van der Waals surface area contributed by atoms with E-state index in [1.807, 2.05) is 13.8 Å². The second-order valence-electron chi connectivity index (χ2n) is 6.07. The molecule has 0 aliphatic carbocycles. The summed E-state index contributed by atoms with van der Waals surface area (Å²) in [5.41, 5.74) is 0.0377. The molecule has 0 aliphatic heterocycles. The van der Waals surface area contributed by atoms with Crippen LogP contribution in [-0.4, -0.2) is 39.7 Å². The number of carbonyl (C=O) groups is 2. The molecule has 8 nitrogen and oxygen atoms in total. The van der Waals surface area contributed by atoms with Crippen molar-refractivity contribution in [3.05, 3.63) is 51.0 Å². The number of benzene rings is 1. The summed E-state index contributed by atoms with van der Waals surface area (Å²) in [6.45, 7) is 4.20. The van der Waals surface area contributed by atoms with E-state index < -0.39 is 10.8 Å². The monoisotopic (exact) mass is 390 g/mol. The predicted octanol–water partition coefficient (Wildman–Crippen LogP) is 3.63. The van der Waals surface area contributed by atoms with Gasteiger partial charge in [0.1, 0.15) is 6.54 Å². The number of aryl methyl sites for hydroxylation is 1. The van der Waals surface area contributed by atoms with Crippen LogP contribution in [0.15, 0.2) is 30.5 Å². The number of hydrogen-bond acceptors (Lipinski definition) is 6. The maximum atomic E-state index is 12.8. The van der Waals surface area contributed by atoms with Gasteiger partial charge in [0.15, 0.2) is 5.13 Å². The third-order valence-corrected chi connectivity index (χ3v) is 4.65. The number of anilines is 1. The third kappa shape index (κ3) is 6.14. The molecule has 1 N–H and O–H groups in total. The Hall–Kier alpha value is -2.81. The number of hydrogen-bond donors (Lipinski definition) is 1. The molecule has 9 heteroatoms. The van der Waals surface area contributed by atoms with E-state index in [0.717, 1.165) is 24.1 Å². The highest BCUT2D eigenvalue weighted by molar-refractivity contribution is 7.15. The van der Waals surface area contributed by atoms with Crippen molar-refractivity contribution in [3.8, 4) is 0 Å². The first-order chi connectivity index (χ1) is 12.9. The predicted molar refractivity (Wildman–Crippen MR) is 104 cm³/mol. The normalized spacial score (nSPS) is 10.4. The molecule has 0 unspecified atom stereocenters. The van der Waals surface area contributed by atoms with E-state index >= 15 is 0 Å². The number of rotatable bonds is 9. The summed E-state index contributed by atoms with van der Waals surface area (Å²) in [6, 6.07) is 5.55. The number of non-ortho nitro benzene ring substituents is 1. The van der Waals surface area contributed by atoms with Crippen molar-refractivity contribution in [2.45, 2.75) is 33.1 Å². The molecule has 0 bridgehead atoms. The van der Waals surface area contributed by atoms with Gasteiger partial charge in [-0.1, -0.05) is 25.8 Å². The average Bonchev–Trinajstić information content (AvgIpc) is 3.05. The molecule has 0 aliphatic rings. The van der Waals surface area contributed by atoms with Crippen molar-refractivity contribution in [3.63, 3.8) is 0 Å². The topological polar surface area (TPSA) is 105 Å². The maximum absolute atomic E-state index is 12.8. The van der Waals surface area contributed by atoms with Crippen molar-refractivity contribution in [1.82, 2.24) is 9.88 Å². The molecule has 2 rings (SSSR count). The number of aromatic nitrogens is 1. The third-order valence-electron chi connectivity index (χ3n) is 3.82. The molecule has 0 fully saturated rings. The molecule has 2 amide bonds. The number of nitrogens with zero attached hydrogens (tertiary/aromatic N) is 3. The van der Waals surface area contributed by atoms with Gasteiger partial charge >= 0.3 is 0 Å². The second-order valence-corrected chi connectivity index (χ2v) is 7.30. The zero-order valence-corrected chi connectivity index (χ0v) is 16.1. The molecular weight excluding hydrogens is 368 g/mol. The Morgan fingerprint density at radius 1 is 1.33 bits per heavy atom. The van der Waals surface area contributed by atoms with Crippen molar-refractivity contribution in [2.75, 3.05) is 18.4 Å². The van der Waals surface area contributed by atoms with Gasteiger partial charge in [0.05, 0.1) is 4.92 Å². The van der Waals surface area contributed by atoms with Crippen LogP contribution in [0.2, 0.25) is 0 Å². The number of nitro groups is 1. The lowest BCUT2D eigenvalue weighted by atomic mass is 10.1. The highest BCUT2D eigenvalue weighted by Crippen LogP contribution is 2.18. The molecule has 0 atom stereocenters. The summed E-state index contributed by atoms with van der Waals surface area (Å²) in [5.74, 6) is -0.750. The van der Waals surface area contributed by atoms with E-state index in [-0.39, 0.29) is 23.7 Å². The average molecular weight is 390 g/mol. The lowest BCUT2D eigenvalue weighted by molar-refractivity contribution is -0.384. The summed E-state index contributed by atoms with van der Waals surface area (Å²) >= 11 is 1.35. The molecule has 0 radical (unpaired) electrons. The largest absolute Gasteiger partial charge is 0.329 e. The Bertz CT molecular complexity index is 821. The van der Waals surface area contributed by atoms with Gasteiger partial charge in [-0.05, 0) is 19.4 Å². The van der Waals surface area contributed by atoms with E-state index in [1.54, 1.807) is 6.20 Å². The Morgan fingerprint density at radius 3 is 2.74 bits per heavy atom. The van der Waals surface area contributed by atoms with Crippen molar-refractivity contribution < 1.29 is 14.5 Å². The van der Waals surface area contributed by atoms with Crippen LogP contribution in [0.3, 0.4) is 0 Å². The zero-order chi connectivity index (χ0) is 19.8. The summed E-state index contributed by atoms with van der Waals surface area (Å²) in [4.78, 5) is 42.0. The Kier molecular flexibility index (Phi) is 7.42. The molecule has 1 aromatic heterocycles. The summed E-state index contributed by atoms with van der Waals surface area (Å²) in [6.07, 6.45) is 4.31. The van der Waals surface area contributed by atoms with Crippen LogP contribution in [-0.2, 0) is 4.79 Å². The molecule has 1 heterocycles. The van der Waals surface area contributed by atoms with E-state index in [2.05, 4.69) is 10.3 Å². The first-order valence-corrected chi connectivity index (χ1v) is 9.48. The fourth-order valence-electron chi connectivity index (χ4n) is 2.48. The van der Waals surface area contributed by atoms with E-state index in [9.17, 15) is 19.7 Å². The summed E-state index contributed by atoms with van der Waals surface area (Å²) < 4.78 is 0. The molecule has 144 valence electrons. The maximum Gasteiger partial charge on any atom is 0.270 e. The number of nitro benzene ring substituents is 1. The van der Waals surface area contributed by atoms with Gasteiger partial charge < -0.3 is 10.2 Å². The van der Waals surface area contributed by atoms with Gasteiger partial charge in [0, 0.05) is 35.3 Å². The quantitative estimate of drug-likeness (QED) is 0.400. The number of carbonyl (C=O) groups excluding carboxylic acids is 2. The smallest absolute Gasteiger partial charge is 0.270 e. The van der Waals surface area contributed by atoms with Gasteiger partial charge in [0.2, 0.25) is 5.91 Å². The Morgan fingerprint density at radius 2 is 2.11 bits per heavy atom. The van der Waals surface area contributed by atoms with Crippen molar-refractivity contribution in [2.24, 2.45) is 0 Å². The highest BCUT2D eigenvalue weighted by Gasteiger charge is 2.21. The number of thiazole rings is 1. The van der Waals surface area contributed by atoms with Crippen LogP contribution < -0.4 is 5.32 Å². The fourth-order valence-corrected chi connectivity index (χ4v) is 3.17. The lowest BCUT2D eigenvalue weighted by Gasteiger charge is -2.22. The van der Waals surface area contributed by atoms with Gasteiger partial charge in [-0.25, -0.2) is 4.98 Å². The standard InChI is InChI=1S/C18H22N4O4S/c1-3-4-5-9-21(12-16(23)20-18-19-11-13(2)27-18)17(24)14-7-6-8-15(10-14)22(25)26/h6-8,10-11H,3-5,9,12H2,1-2H3,(H,19,20,23). The number of nitrogens with one attached hydrogen (secondary N) is 1. The highest BCUT2D eigenvalue weighted by atomic mass is 32.1. The first-order valence-electron chi connectivity index (χ1n) is 8.66. The minimum absolute atomic E-state index is 0.135. The number of unbranched alkanes of at least 4 members (excludes halogenated alkanes) is 2. The zero-order valence-electron chi connectivity index (χ0n) is 15.3. The molecule has 27 heavy (non-hydrogen) atoms. The second kappa shape index (κ2) is 9.77. The molecule has 0 saturated carbocycles. The minimum atomic E-state index is -0.546. The van der Waals surface area contributed by atoms with Gasteiger partial charge in [-0.2, -0.15) is 0 Å². The lowest BCUT2D eigenvalue weighted by Crippen LogP contribution is -2.38.